The van der Waals surface area contributed by atoms with Crippen molar-refractivity contribution in [3.63, 3.8) is 0 Å². The molecule has 0 fully saturated rings. The molecule has 0 aliphatic rings. The molecular weight excluding hydrogens is 926 g/mol. The van der Waals surface area contributed by atoms with Gasteiger partial charge in [-0.1, -0.05) is 164 Å². The molecule has 0 aliphatic heterocycles. The summed E-state index contributed by atoms with van der Waals surface area (Å²) in [6, 6.07) is 33.3. The van der Waals surface area contributed by atoms with E-state index in [-0.39, 0.29) is 43.4 Å². The van der Waals surface area contributed by atoms with Crippen molar-refractivity contribution in [1.82, 2.24) is 14.5 Å². The van der Waals surface area contributed by atoms with Gasteiger partial charge in [0.05, 0.1) is 22.1 Å². The van der Waals surface area contributed by atoms with Crippen LogP contribution in [0.3, 0.4) is 0 Å². The number of phenols is 1. The maximum Gasteiger partial charge on any atom is 0.148 e. The van der Waals surface area contributed by atoms with Crippen molar-refractivity contribution in [2.75, 3.05) is 0 Å². The van der Waals surface area contributed by atoms with Crippen molar-refractivity contribution in [3.05, 3.63) is 167 Å². The van der Waals surface area contributed by atoms with Crippen LogP contribution in [0.5, 0.6) is 5.75 Å². The normalized spacial score (nSPS) is 14.9. The Bertz CT molecular complexity index is 3330. The number of nitrogens with zero attached hydrogens (tertiary/aromatic N) is 3. The smallest absolute Gasteiger partial charge is 0.148 e. The third-order valence-electron chi connectivity index (χ3n) is 11.0. The van der Waals surface area contributed by atoms with Crippen LogP contribution >= 0.6 is 0 Å². The quantitative estimate of drug-likeness (QED) is 0.169. The fraction of sp³-hybridized carbons (Fsp3) is 0.250. The van der Waals surface area contributed by atoms with Crippen molar-refractivity contribution < 1.29 is 39.9 Å². The Morgan fingerprint density at radius 2 is 1.33 bits per heavy atom. The average Bonchev–Trinajstić information content (AvgIpc) is 3.66. The van der Waals surface area contributed by atoms with E-state index in [1.54, 1.807) is 18.2 Å². The molecule has 8 aromatic rings. The number of phenolic OH excluding ortho intramolecular Hbond substituents is 1. The van der Waals surface area contributed by atoms with Crippen molar-refractivity contribution >= 4 is 11.0 Å². The summed E-state index contributed by atoms with van der Waals surface area (Å²) >= 11 is 0. The van der Waals surface area contributed by atoms with E-state index in [0.29, 0.717) is 61.6 Å². The van der Waals surface area contributed by atoms with E-state index in [9.17, 15) is 5.11 Å². The van der Waals surface area contributed by atoms with Crippen LogP contribution in [0.25, 0.3) is 72.7 Å². The fourth-order valence-electron chi connectivity index (χ4n) is 7.59. The molecule has 4 nitrogen and oxygen atoms in total. The number of para-hydroxylation sites is 1. The Labute approximate surface area is 391 Å². The number of hydrogen-bond donors (Lipinski definition) is 1. The van der Waals surface area contributed by atoms with Gasteiger partial charge in [0.1, 0.15) is 11.6 Å². The summed E-state index contributed by atoms with van der Waals surface area (Å²) in [5.74, 6) is 0.478. The standard InChI is InChI=1S/C56H56N3O.Pt/c1-35-20-22-37(23-21-35)39-26-27-57-49(32-39)41-29-40(30-42(31-41)54(3,4)5)46-18-15-19-50-51(46)58-53(47-33-43(55(6,7)8)34-48(52(47)60)56(9,10)11)59(50)44-24-25-45(36(2)28-44)38-16-13-12-14-17-38;/h12-28,30-34,60H,1-11H3;/q-1;/i1D3,2D3,20D,21D,22D,23D;. The summed E-state index contributed by atoms with van der Waals surface area (Å²) in [6.07, 6.45) is 1.51. The molecule has 0 saturated carbocycles. The van der Waals surface area contributed by atoms with Crippen LogP contribution in [-0.2, 0) is 37.3 Å². The molecular formula is C56H56N3OPt-. The van der Waals surface area contributed by atoms with Gasteiger partial charge in [0.25, 0.3) is 0 Å². The van der Waals surface area contributed by atoms with E-state index in [1.807, 2.05) is 83.4 Å². The van der Waals surface area contributed by atoms with Gasteiger partial charge >= 0.3 is 0 Å². The molecule has 5 heteroatoms. The number of aryl methyl sites for hydroxylation is 1. The monoisotopic (exact) mass is 991 g/mol. The van der Waals surface area contributed by atoms with Crippen LogP contribution in [0.15, 0.2) is 133 Å². The van der Waals surface area contributed by atoms with Crippen LogP contribution in [-0.4, -0.2) is 19.6 Å². The summed E-state index contributed by atoms with van der Waals surface area (Å²) in [6.45, 7) is 13.4. The first-order chi connectivity index (χ1) is 32.5. The van der Waals surface area contributed by atoms with Crippen molar-refractivity contribution in [2.24, 2.45) is 0 Å². The van der Waals surface area contributed by atoms with Gasteiger partial charge in [-0.25, -0.2) is 4.98 Å². The SMILES string of the molecule is [2H]c1c([2H])c(C([2H])([2H])[2H])c([2H])c([2H])c1-c1ccnc(-c2[c-]c(-c3cccc4c3nc(-c3cc(C(C)(C)C)cc(C(C)(C)C)c3O)n4-c3ccc(-c4ccccc4)c(C([2H])([2H])[2H])c3)cc(C(C)(C)C)c2)c1.[Pt]. The van der Waals surface area contributed by atoms with E-state index in [1.165, 1.54) is 6.20 Å². The third-order valence-corrected chi connectivity index (χ3v) is 11.0. The molecule has 2 aromatic heterocycles. The molecule has 1 N–H and O–H groups in total. The second kappa shape index (κ2) is 16.4. The number of pyridine rings is 1. The van der Waals surface area contributed by atoms with Gasteiger partial charge in [-0.05, 0) is 93.7 Å². The Kier molecular flexibility index (Phi) is 8.64. The number of imidazole rings is 1. The van der Waals surface area contributed by atoms with Crippen molar-refractivity contribution in [1.29, 1.82) is 0 Å². The Balaban J connectivity index is 0.00000741. The maximum atomic E-state index is 12.4. The molecule has 0 spiro atoms. The third kappa shape index (κ3) is 8.66. The largest absolute Gasteiger partial charge is 0.507 e. The van der Waals surface area contributed by atoms with Gasteiger partial charge in [-0.2, -0.15) is 0 Å². The minimum atomic E-state index is -2.85. The molecule has 0 atom stereocenters. The van der Waals surface area contributed by atoms with E-state index in [0.717, 1.165) is 22.3 Å². The van der Waals surface area contributed by atoms with Crippen LogP contribution in [0.4, 0.5) is 0 Å². The number of benzene rings is 6. The second-order valence-electron chi connectivity index (χ2n) is 18.6. The predicted octanol–water partition coefficient (Wildman–Crippen LogP) is 14.8. The van der Waals surface area contributed by atoms with Crippen LogP contribution in [0.1, 0.15) is 104 Å². The van der Waals surface area contributed by atoms with Crippen LogP contribution < -0.4 is 0 Å². The topological polar surface area (TPSA) is 50.9 Å². The number of aromatic hydroxyl groups is 1. The molecule has 0 aliphatic carbocycles. The van der Waals surface area contributed by atoms with Crippen LogP contribution in [0.2, 0.25) is 0 Å². The molecule has 61 heavy (non-hydrogen) atoms. The van der Waals surface area contributed by atoms with E-state index in [4.69, 9.17) is 23.7 Å². The number of aromatic nitrogens is 3. The molecule has 2 heterocycles. The summed E-state index contributed by atoms with van der Waals surface area (Å²) in [5, 5.41) is 12.4. The molecule has 0 amide bonds. The predicted molar refractivity (Wildman–Crippen MR) is 252 cm³/mol. The molecule has 0 bridgehead atoms. The zero-order chi connectivity index (χ0) is 51.2. The molecule has 312 valence electrons. The molecule has 6 aromatic carbocycles. The molecule has 0 saturated heterocycles. The second-order valence-corrected chi connectivity index (χ2v) is 18.6. The molecule has 8 rings (SSSR count). The maximum absolute atomic E-state index is 12.4. The molecule has 0 radical (unpaired) electrons. The van der Waals surface area contributed by atoms with Gasteiger partial charge in [0.2, 0.25) is 0 Å². The van der Waals surface area contributed by atoms with Gasteiger partial charge < -0.3 is 5.11 Å². The van der Waals surface area contributed by atoms with E-state index in [2.05, 4.69) is 74.4 Å². The average molecular weight is 992 g/mol. The first kappa shape index (κ1) is 32.2. The van der Waals surface area contributed by atoms with E-state index < -0.39 is 54.3 Å². The first-order valence-electron chi connectivity index (χ1n) is 25.2. The fourth-order valence-corrected chi connectivity index (χ4v) is 7.59. The van der Waals surface area contributed by atoms with Gasteiger partial charge in [0.15, 0.2) is 0 Å². The minimum absolute atomic E-state index is 0. The minimum Gasteiger partial charge on any atom is -0.507 e. The first-order valence-corrected chi connectivity index (χ1v) is 20.2. The van der Waals surface area contributed by atoms with Crippen molar-refractivity contribution in [2.45, 2.75) is 92.3 Å². The van der Waals surface area contributed by atoms with E-state index >= 15 is 0 Å². The molecule has 0 unspecified atom stereocenters. The number of fused-ring (bicyclic) bond motifs is 1. The summed E-state index contributed by atoms with van der Waals surface area (Å²) in [7, 11) is 0. The number of rotatable bonds is 6. The zero-order valence-corrected chi connectivity index (χ0v) is 38.3. The Morgan fingerprint density at radius 1 is 0.623 bits per heavy atom. The van der Waals surface area contributed by atoms with Gasteiger partial charge in [-0.3, -0.25) is 9.55 Å². The van der Waals surface area contributed by atoms with Crippen LogP contribution in [0, 0.1) is 19.8 Å². The summed E-state index contributed by atoms with van der Waals surface area (Å²) in [4.78, 5) is 10.1. The Morgan fingerprint density at radius 3 is 2.00 bits per heavy atom. The van der Waals surface area contributed by atoms with Gasteiger partial charge in [0, 0.05) is 52.4 Å². The summed E-state index contributed by atoms with van der Waals surface area (Å²) < 4.78 is 86.6. The van der Waals surface area contributed by atoms with Gasteiger partial charge in [-0.15, -0.1) is 29.3 Å². The number of hydrogen-bond acceptors (Lipinski definition) is 3. The Hall–Kier alpha value is -5.57. The summed E-state index contributed by atoms with van der Waals surface area (Å²) in [5.41, 5.74) is 7.20. The zero-order valence-electron chi connectivity index (χ0n) is 46.0. The van der Waals surface area contributed by atoms with Crippen molar-refractivity contribution in [3.8, 4) is 67.5 Å².